The van der Waals surface area contributed by atoms with Crippen molar-refractivity contribution < 1.29 is 23.4 Å². The number of benzene rings is 1. The Morgan fingerprint density at radius 1 is 1.35 bits per heavy atom. The van der Waals surface area contributed by atoms with Gasteiger partial charge in [-0.25, -0.2) is 0 Å². The molecule has 0 aliphatic carbocycles. The largest absolute Gasteiger partial charge is 0.486 e. The molecule has 0 fully saturated rings. The summed E-state index contributed by atoms with van der Waals surface area (Å²) in [4.78, 5) is -3.43. The Kier molecular flexibility index (Phi) is 3.47. The van der Waals surface area contributed by atoms with Crippen LogP contribution in [-0.4, -0.2) is 23.2 Å². The first kappa shape index (κ1) is 12.9. The number of hydrogen-bond acceptors (Lipinski definition) is 3. The summed E-state index contributed by atoms with van der Waals surface area (Å²) >= 11 is 7.97. The van der Waals surface area contributed by atoms with Crippen LogP contribution in [0, 0.1) is 0 Å². The second-order valence-corrected chi connectivity index (χ2v) is 4.94. The molecule has 0 aromatic heterocycles. The number of halogens is 4. The van der Waals surface area contributed by atoms with Crippen molar-refractivity contribution in [2.75, 3.05) is 13.2 Å². The molecule has 1 atom stereocenters. The van der Waals surface area contributed by atoms with Crippen LogP contribution in [0.1, 0.15) is 11.7 Å². The van der Waals surface area contributed by atoms with Crippen LogP contribution in [0.5, 0.6) is 11.5 Å². The summed E-state index contributed by atoms with van der Waals surface area (Å²) in [6.45, 7) is 0.663. The molecule has 1 heterocycles. The zero-order chi connectivity index (χ0) is 12.6. The van der Waals surface area contributed by atoms with Crippen molar-refractivity contribution in [3.63, 3.8) is 0 Å². The molecule has 0 radical (unpaired) electrons. The van der Waals surface area contributed by atoms with Crippen molar-refractivity contribution in [3.05, 3.63) is 22.7 Å². The SMILES string of the molecule is OC(c1cc(Cl)c2c(c1)OCCO2)C(F)(F)Br. The summed E-state index contributed by atoms with van der Waals surface area (Å²) in [5.41, 5.74) is -0.0406. The van der Waals surface area contributed by atoms with E-state index in [4.69, 9.17) is 21.1 Å². The fraction of sp³-hybridized carbons (Fsp3) is 0.400. The third-order valence-electron chi connectivity index (χ3n) is 2.24. The van der Waals surface area contributed by atoms with Crippen molar-refractivity contribution in [1.82, 2.24) is 0 Å². The average Bonchev–Trinajstić information content (AvgIpc) is 2.27. The zero-order valence-electron chi connectivity index (χ0n) is 8.42. The smallest absolute Gasteiger partial charge is 0.330 e. The molecule has 1 aromatic rings. The van der Waals surface area contributed by atoms with E-state index in [1.165, 1.54) is 12.1 Å². The first-order valence-electron chi connectivity index (χ1n) is 4.73. The maximum absolute atomic E-state index is 12.9. The fourth-order valence-electron chi connectivity index (χ4n) is 1.48. The van der Waals surface area contributed by atoms with E-state index in [1.54, 1.807) is 0 Å². The summed E-state index contributed by atoms with van der Waals surface area (Å²) in [5, 5.41) is 9.56. The molecule has 1 aromatic carbocycles. The minimum atomic E-state index is -3.43. The van der Waals surface area contributed by atoms with E-state index in [2.05, 4.69) is 15.9 Å². The van der Waals surface area contributed by atoms with Gasteiger partial charge in [0.2, 0.25) is 0 Å². The quantitative estimate of drug-likeness (QED) is 0.847. The van der Waals surface area contributed by atoms with E-state index < -0.39 is 10.9 Å². The van der Waals surface area contributed by atoms with Gasteiger partial charge < -0.3 is 14.6 Å². The van der Waals surface area contributed by atoms with Crippen molar-refractivity contribution >= 4 is 27.5 Å². The number of alkyl halides is 3. The second-order valence-electron chi connectivity index (χ2n) is 3.47. The van der Waals surface area contributed by atoms with Crippen molar-refractivity contribution in [2.24, 2.45) is 0 Å². The lowest BCUT2D eigenvalue weighted by Crippen LogP contribution is -2.20. The van der Waals surface area contributed by atoms with Gasteiger partial charge in [0.15, 0.2) is 17.6 Å². The van der Waals surface area contributed by atoms with E-state index in [-0.39, 0.29) is 16.3 Å². The van der Waals surface area contributed by atoms with Crippen LogP contribution in [-0.2, 0) is 0 Å². The molecule has 7 heteroatoms. The lowest BCUT2D eigenvalue weighted by atomic mass is 10.1. The van der Waals surface area contributed by atoms with Crippen LogP contribution in [0.3, 0.4) is 0 Å². The molecular weight excluding hydrogens is 321 g/mol. The number of fused-ring (bicyclic) bond motifs is 1. The van der Waals surface area contributed by atoms with Gasteiger partial charge in [-0.3, -0.25) is 0 Å². The molecule has 0 spiro atoms. The van der Waals surface area contributed by atoms with E-state index in [1.807, 2.05) is 0 Å². The van der Waals surface area contributed by atoms with Crippen LogP contribution < -0.4 is 9.47 Å². The highest BCUT2D eigenvalue weighted by atomic mass is 79.9. The van der Waals surface area contributed by atoms with Crippen LogP contribution in [0.4, 0.5) is 8.78 Å². The van der Waals surface area contributed by atoms with Crippen molar-refractivity contribution in [1.29, 1.82) is 0 Å². The van der Waals surface area contributed by atoms with E-state index in [0.29, 0.717) is 19.0 Å². The minimum Gasteiger partial charge on any atom is -0.486 e. The zero-order valence-corrected chi connectivity index (χ0v) is 10.8. The Labute approximate surface area is 109 Å². The summed E-state index contributed by atoms with van der Waals surface area (Å²) in [6, 6.07) is 2.52. The average molecular weight is 330 g/mol. The second kappa shape index (κ2) is 4.59. The molecule has 3 nitrogen and oxygen atoms in total. The first-order chi connectivity index (χ1) is 7.89. The summed E-state index contributed by atoms with van der Waals surface area (Å²) in [7, 11) is 0. The topological polar surface area (TPSA) is 38.7 Å². The third-order valence-corrected chi connectivity index (χ3v) is 2.96. The molecule has 1 aliphatic rings. The Morgan fingerprint density at radius 2 is 2.00 bits per heavy atom. The molecule has 94 valence electrons. The van der Waals surface area contributed by atoms with Gasteiger partial charge in [-0.2, -0.15) is 8.78 Å². The lowest BCUT2D eigenvalue weighted by Gasteiger charge is -2.22. The maximum Gasteiger partial charge on any atom is 0.330 e. The highest BCUT2D eigenvalue weighted by Gasteiger charge is 2.37. The molecule has 0 amide bonds. The van der Waals surface area contributed by atoms with Gasteiger partial charge in [0.25, 0.3) is 0 Å². The van der Waals surface area contributed by atoms with Crippen LogP contribution in [0.25, 0.3) is 0 Å². The number of ether oxygens (including phenoxy) is 2. The highest BCUT2D eigenvalue weighted by Crippen LogP contribution is 2.43. The van der Waals surface area contributed by atoms with Gasteiger partial charge in [-0.15, -0.1) is 0 Å². The van der Waals surface area contributed by atoms with Crippen molar-refractivity contribution in [3.8, 4) is 11.5 Å². The molecule has 1 N–H and O–H groups in total. The van der Waals surface area contributed by atoms with E-state index >= 15 is 0 Å². The van der Waals surface area contributed by atoms with Gasteiger partial charge in [0.1, 0.15) is 13.2 Å². The standard InChI is InChI=1S/C10H8BrClF2O3/c11-10(13,14)9(15)5-3-6(12)8-7(4-5)16-1-2-17-8/h3-4,9,15H,1-2H2. The predicted molar refractivity (Wildman–Crippen MR) is 61.3 cm³/mol. The van der Waals surface area contributed by atoms with Crippen LogP contribution in [0.15, 0.2) is 12.1 Å². The minimum absolute atomic E-state index is 0.0406. The Balaban J connectivity index is 2.41. The Bertz CT molecular complexity index is 436. The molecule has 0 saturated heterocycles. The molecule has 0 bridgehead atoms. The number of rotatable bonds is 2. The van der Waals surface area contributed by atoms with E-state index in [0.717, 1.165) is 0 Å². The number of aliphatic hydroxyl groups is 1. The Hall–Kier alpha value is -0.590. The lowest BCUT2D eigenvalue weighted by molar-refractivity contribution is -0.0296. The summed E-state index contributed by atoms with van der Waals surface area (Å²) in [6.07, 6.45) is -2.00. The molecule has 17 heavy (non-hydrogen) atoms. The predicted octanol–water partition coefficient (Wildman–Crippen LogP) is 3.13. The van der Waals surface area contributed by atoms with E-state index in [9.17, 15) is 13.9 Å². The first-order valence-corrected chi connectivity index (χ1v) is 5.90. The third kappa shape index (κ3) is 2.64. The highest BCUT2D eigenvalue weighted by molar-refractivity contribution is 9.10. The number of aliphatic hydroxyl groups excluding tert-OH is 1. The maximum atomic E-state index is 12.9. The molecule has 1 aliphatic heterocycles. The van der Waals surface area contributed by atoms with Gasteiger partial charge >= 0.3 is 4.83 Å². The Morgan fingerprint density at radius 3 is 2.65 bits per heavy atom. The number of hydrogen-bond donors (Lipinski definition) is 1. The van der Waals surface area contributed by atoms with Crippen LogP contribution >= 0.6 is 27.5 Å². The van der Waals surface area contributed by atoms with Gasteiger partial charge in [0, 0.05) is 0 Å². The van der Waals surface area contributed by atoms with Crippen LogP contribution in [0.2, 0.25) is 5.02 Å². The normalized spacial score (nSPS) is 16.8. The summed E-state index contributed by atoms with van der Waals surface area (Å²) in [5.74, 6) is 0.571. The molecule has 1 unspecified atom stereocenters. The molecular formula is C10H8BrClF2O3. The summed E-state index contributed by atoms with van der Waals surface area (Å²) < 4.78 is 36.3. The monoisotopic (exact) mass is 328 g/mol. The molecule has 0 saturated carbocycles. The fourth-order valence-corrected chi connectivity index (χ4v) is 2.02. The van der Waals surface area contributed by atoms with Gasteiger partial charge in [0.05, 0.1) is 5.02 Å². The van der Waals surface area contributed by atoms with Gasteiger partial charge in [-0.1, -0.05) is 11.6 Å². The van der Waals surface area contributed by atoms with Gasteiger partial charge in [-0.05, 0) is 33.6 Å². The molecule has 2 rings (SSSR count). The van der Waals surface area contributed by atoms with Crippen molar-refractivity contribution in [2.45, 2.75) is 10.9 Å².